The first-order valence-corrected chi connectivity index (χ1v) is 7.14. The predicted molar refractivity (Wildman–Crippen MR) is 73.6 cm³/mol. The topological polar surface area (TPSA) is 83.6 Å². The Kier molecular flexibility index (Phi) is 6.28. The Hall–Kier alpha value is -1.10. The number of nitrogens with two attached hydrogens (primary N) is 1. The number of carbonyl (C=O) groups is 2. The zero-order valence-electron chi connectivity index (χ0n) is 12.0. The molecule has 5 heteroatoms. The lowest BCUT2D eigenvalue weighted by molar-refractivity contribution is -0.145. The second-order valence-corrected chi connectivity index (χ2v) is 5.95. The van der Waals surface area contributed by atoms with E-state index in [0.29, 0.717) is 38.4 Å². The lowest BCUT2D eigenvalue weighted by Gasteiger charge is -2.32. The molecule has 0 aromatic carbocycles. The van der Waals surface area contributed by atoms with E-state index in [9.17, 15) is 9.59 Å². The molecule has 0 bridgehead atoms. The average molecular weight is 270 g/mol. The quantitative estimate of drug-likeness (QED) is 0.762. The smallest absolute Gasteiger partial charge is 0.308 e. The number of carboxylic acids is 1. The molecule has 5 nitrogen and oxygen atoms in total. The highest BCUT2D eigenvalue weighted by atomic mass is 16.4. The van der Waals surface area contributed by atoms with Crippen LogP contribution in [-0.4, -0.2) is 41.5 Å². The molecule has 3 N–H and O–H groups in total. The van der Waals surface area contributed by atoms with Crippen LogP contribution in [0.15, 0.2) is 0 Å². The summed E-state index contributed by atoms with van der Waals surface area (Å²) in [6.07, 6.45) is 2.84. The highest BCUT2D eigenvalue weighted by Crippen LogP contribution is 2.20. The third-order valence-corrected chi connectivity index (χ3v) is 3.72. The van der Waals surface area contributed by atoms with Crippen molar-refractivity contribution in [3.05, 3.63) is 0 Å². The molecule has 0 unspecified atom stereocenters. The Labute approximate surface area is 115 Å². The van der Waals surface area contributed by atoms with Gasteiger partial charge in [-0.15, -0.1) is 0 Å². The highest BCUT2D eigenvalue weighted by molar-refractivity contribution is 5.78. The number of rotatable bonds is 6. The summed E-state index contributed by atoms with van der Waals surface area (Å²) >= 11 is 0. The van der Waals surface area contributed by atoms with Crippen molar-refractivity contribution in [3.63, 3.8) is 0 Å². The van der Waals surface area contributed by atoms with Crippen LogP contribution in [0.3, 0.4) is 0 Å². The Morgan fingerprint density at radius 2 is 2.11 bits per heavy atom. The molecule has 1 aliphatic heterocycles. The van der Waals surface area contributed by atoms with Crippen molar-refractivity contribution >= 4 is 11.9 Å². The first-order chi connectivity index (χ1) is 8.93. The highest BCUT2D eigenvalue weighted by Gasteiger charge is 2.28. The normalized spacial score (nSPS) is 21.5. The van der Waals surface area contributed by atoms with Gasteiger partial charge < -0.3 is 15.7 Å². The molecule has 0 spiro atoms. The predicted octanol–water partition coefficient (Wildman–Crippen LogP) is 1.32. The van der Waals surface area contributed by atoms with Gasteiger partial charge in [-0.25, -0.2) is 0 Å². The van der Waals surface area contributed by atoms with E-state index in [0.717, 1.165) is 12.8 Å². The van der Waals surface area contributed by atoms with Gasteiger partial charge >= 0.3 is 5.97 Å². The number of nitrogens with zero attached hydrogens (tertiary/aromatic N) is 1. The number of aliphatic carboxylic acids is 1. The lowest BCUT2D eigenvalue weighted by atomic mass is 9.92. The summed E-state index contributed by atoms with van der Waals surface area (Å²) in [5.74, 6) is -0.414. The third kappa shape index (κ3) is 5.19. The number of carbonyl (C=O) groups excluding carboxylic acids is 1. The van der Waals surface area contributed by atoms with E-state index in [2.05, 4.69) is 13.8 Å². The minimum absolute atomic E-state index is 0.0575. The average Bonchev–Trinajstić information content (AvgIpc) is 2.37. The molecular formula is C14H26N2O3. The fraction of sp³-hybridized carbons (Fsp3) is 0.857. The minimum atomic E-state index is -0.796. The summed E-state index contributed by atoms with van der Waals surface area (Å²) in [5.41, 5.74) is 5.71. The van der Waals surface area contributed by atoms with Crippen LogP contribution < -0.4 is 5.73 Å². The van der Waals surface area contributed by atoms with Crippen LogP contribution >= 0.6 is 0 Å². The van der Waals surface area contributed by atoms with Gasteiger partial charge in [-0.05, 0) is 37.6 Å². The van der Waals surface area contributed by atoms with Crippen LogP contribution in [0.5, 0.6) is 0 Å². The van der Waals surface area contributed by atoms with E-state index in [1.54, 1.807) is 4.90 Å². The number of hydrogen-bond donors (Lipinski definition) is 2. The van der Waals surface area contributed by atoms with Crippen LogP contribution in [0.2, 0.25) is 0 Å². The maximum Gasteiger partial charge on any atom is 0.308 e. The molecule has 0 aromatic rings. The minimum Gasteiger partial charge on any atom is -0.481 e. The molecule has 1 saturated heterocycles. The number of piperidine rings is 1. The van der Waals surface area contributed by atoms with Gasteiger partial charge in [-0.3, -0.25) is 9.59 Å². The summed E-state index contributed by atoms with van der Waals surface area (Å²) in [6.45, 7) is 5.79. The molecule has 19 heavy (non-hydrogen) atoms. The molecule has 0 saturated carbocycles. The third-order valence-electron chi connectivity index (χ3n) is 3.72. The van der Waals surface area contributed by atoms with Crippen molar-refractivity contribution in [1.29, 1.82) is 0 Å². The van der Waals surface area contributed by atoms with E-state index < -0.39 is 11.9 Å². The molecule has 1 rings (SSSR count). The summed E-state index contributed by atoms with van der Waals surface area (Å²) in [5, 5.41) is 9.03. The van der Waals surface area contributed by atoms with Crippen molar-refractivity contribution in [3.8, 4) is 0 Å². The van der Waals surface area contributed by atoms with Crippen LogP contribution in [0.1, 0.15) is 39.5 Å². The van der Waals surface area contributed by atoms with E-state index in [4.69, 9.17) is 10.8 Å². The Morgan fingerprint density at radius 3 is 2.63 bits per heavy atom. The Morgan fingerprint density at radius 1 is 1.42 bits per heavy atom. The van der Waals surface area contributed by atoms with Gasteiger partial charge in [0.05, 0.1) is 5.92 Å². The standard InChI is InChI=1S/C14H26N2O3/c1-10(2)6-11(8-15)7-13(17)16-5-3-4-12(9-16)14(18)19/h10-12H,3-9,15H2,1-2H3,(H,18,19)/t11-,12-/m0/s1. The van der Waals surface area contributed by atoms with Gasteiger partial charge in [-0.1, -0.05) is 13.8 Å². The van der Waals surface area contributed by atoms with Crippen LogP contribution in [0.4, 0.5) is 0 Å². The lowest BCUT2D eigenvalue weighted by Crippen LogP contribution is -2.43. The number of amides is 1. The Balaban J connectivity index is 2.49. The van der Waals surface area contributed by atoms with E-state index in [1.165, 1.54) is 0 Å². The first-order valence-electron chi connectivity index (χ1n) is 7.14. The maximum atomic E-state index is 12.2. The van der Waals surface area contributed by atoms with Crippen LogP contribution in [0, 0.1) is 17.8 Å². The molecule has 2 atom stereocenters. The zero-order chi connectivity index (χ0) is 14.4. The molecular weight excluding hydrogens is 244 g/mol. The Bertz CT molecular complexity index is 318. The number of likely N-dealkylation sites (tertiary alicyclic amines) is 1. The van der Waals surface area contributed by atoms with Crippen molar-refractivity contribution in [2.24, 2.45) is 23.5 Å². The second-order valence-electron chi connectivity index (χ2n) is 5.95. The first kappa shape index (κ1) is 16.0. The van der Waals surface area contributed by atoms with Crippen molar-refractivity contribution < 1.29 is 14.7 Å². The van der Waals surface area contributed by atoms with Crippen LogP contribution in [0.25, 0.3) is 0 Å². The number of carboxylic acid groups (broad SMARTS) is 1. The SMILES string of the molecule is CC(C)C[C@H](CN)CC(=O)N1CCC[C@H](C(=O)O)C1. The second kappa shape index (κ2) is 7.48. The van der Waals surface area contributed by atoms with Gasteiger partial charge in [0.15, 0.2) is 0 Å². The summed E-state index contributed by atoms with van der Waals surface area (Å²) in [6, 6.07) is 0. The molecule has 1 amide bonds. The van der Waals surface area contributed by atoms with Crippen molar-refractivity contribution in [2.75, 3.05) is 19.6 Å². The van der Waals surface area contributed by atoms with Gasteiger partial charge in [0, 0.05) is 19.5 Å². The van der Waals surface area contributed by atoms with E-state index in [-0.39, 0.29) is 11.8 Å². The summed E-state index contributed by atoms with van der Waals surface area (Å²) < 4.78 is 0. The largest absolute Gasteiger partial charge is 0.481 e. The monoisotopic (exact) mass is 270 g/mol. The van der Waals surface area contributed by atoms with Crippen LogP contribution in [-0.2, 0) is 9.59 Å². The zero-order valence-corrected chi connectivity index (χ0v) is 12.0. The molecule has 0 aromatic heterocycles. The fourth-order valence-corrected chi connectivity index (χ4v) is 2.71. The summed E-state index contributed by atoms with van der Waals surface area (Å²) in [7, 11) is 0. The molecule has 1 fully saturated rings. The van der Waals surface area contributed by atoms with Gasteiger partial charge in [0.2, 0.25) is 5.91 Å². The molecule has 0 aliphatic carbocycles. The van der Waals surface area contributed by atoms with Crippen molar-refractivity contribution in [2.45, 2.75) is 39.5 Å². The van der Waals surface area contributed by atoms with Gasteiger partial charge in [0.1, 0.15) is 0 Å². The maximum absolute atomic E-state index is 12.2. The van der Waals surface area contributed by atoms with Gasteiger partial charge in [-0.2, -0.15) is 0 Å². The van der Waals surface area contributed by atoms with E-state index >= 15 is 0 Å². The molecule has 1 aliphatic rings. The van der Waals surface area contributed by atoms with Gasteiger partial charge in [0.25, 0.3) is 0 Å². The molecule has 110 valence electrons. The van der Waals surface area contributed by atoms with Crippen molar-refractivity contribution in [1.82, 2.24) is 4.90 Å². The molecule has 1 heterocycles. The fourth-order valence-electron chi connectivity index (χ4n) is 2.71. The summed E-state index contributed by atoms with van der Waals surface area (Å²) in [4.78, 5) is 24.9. The van der Waals surface area contributed by atoms with E-state index in [1.807, 2.05) is 0 Å². The number of hydrogen-bond acceptors (Lipinski definition) is 3. The molecule has 0 radical (unpaired) electrons.